The van der Waals surface area contributed by atoms with Crippen molar-refractivity contribution in [2.45, 2.75) is 20.0 Å². The molecule has 0 aromatic rings. The minimum absolute atomic E-state index is 0.0000709. The van der Waals surface area contributed by atoms with Crippen molar-refractivity contribution in [3.63, 3.8) is 0 Å². The number of carbonyl (C=O) groups is 1. The van der Waals surface area contributed by atoms with Crippen LogP contribution in [0.2, 0.25) is 0 Å². The summed E-state index contributed by atoms with van der Waals surface area (Å²) < 4.78 is 9.35. The van der Waals surface area contributed by atoms with E-state index in [-0.39, 0.29) is 25.8 Å². The van der Waals surface area contributed by atoms with Crippen molar-refractivity contribution in [3.8, 4) is 0 Å². The van der Waals surface area contributed by atoms with E-state index in [4.69, 9.17) is 20.1 Å². The van der Waals surface area contributed by atoms with Crippen LogP contribution in [0.25, 0.3) is 0 Å². The highest BCUT2D eigenvalue weighted by molar-refractivity contribution is 5.65. The molecule has 92 valence electrons. The van der Waals surface area contributed by atoms with Gasteiger partial charge in [0, 0.05) is 6.92 Å². The van der Waals surface area contributed by atoms with E-state index in [9.17, 15) is 4.79 Å². The van der Waals surface area contributed by atoms with E-state index < -0.39 is 6.10 Å². The second-order valence-corrected chi connectivity index (χ2v) is 2.71. The lowest BCUT2D eigenvalue weighted by Crippen LogP contribution is -2.09. The summed E-state index contributed by atoms with van der Waals surface area (Å²) in [5.74, 6) is -0.312. The van der Waals surface area contributed by atoms with Crippen molar-refractivity contribution < 1.29 is 29.6 Å². The van der Waals surface area contributed by atoms with Crippen LogP contribution in [-0.2, 0) is 14.3 Å². The highest BCUT2D eigenvalue weighted by Crippen LogP contribution is 1.78. The Bertz CT molecular complexity index is 137. The Kier molecular flexibility index (Phi) is 14.8. The zero-order valence-corrected chi connectivity index (χ0v) is 9.18. The molecule has 0 aliphatic heterocycles. The quantitative estimate of drug-likeness (QED) is 0.392. The lowest BCUT2D eigenvalue weighted by Gasteiger charge is -2.01. The molecule has 0 amide bonds. The Morgan fingerprint density at radius 3 is 2.13 bits per heavy atom. The third-order valence-electron chi connectivity index (χ3n) is 1.03. The van der Waals surface area contributed by atoms with Gasteiger partial charge in [0.1, 0.15) is 6.61 Å². The number of ether oxygens (including phenoxy) is 2. The number of aliphatic hydroxyl groups is 3. The Hall–Kier alpha value is -0.690. The molecule has 1 unspecified atom stereocenters. The number of rotatable bonds is 6. The normalized spacial score (nSPS) is 11.3. The first-order valence-electron chi connectivity index (χ1n) is 4.65. The van der Waals surface area contributed by atoms with Crippen LogP contribution in [0.1, 0.15) is 13.8 Å². The molecule has 0 bridgehead atoms. The van der Waals surface area contributed by atoms with Gasteiger partial charge in [0.05, 0.1) is 32.5 Å². The number of hydrogen-bond acceptors (Lipinski definition) is 6. The van der Waals surface area contributed by atoms with Gasteiger partial charge in [0.15, 0.2) is 0 Å². The third kappa shape index (κ3) is 24.7. The molecule has 0 radical (unpaired) electrons. The molecular weight excluding hydrogens is 204 g/mol. The van der Waals surface area contributed by atoms with Gasteiger partial charge in [0.25, 0.3) is 0 Å². The van der Waals surface area contributed by atoms with Gasteiger partial charge in [-0.15, -0.1) is 0 Å². The van der Waals surface area contributed by atoms with Crippen molar-refractivity contribution in [2.24, 2.45) is 0 Å². The van der Waals surface area contributed by atoms with Crippen LogP contribution in [0, 0.1) is 0 Å². The predicted molar refractivity (Wildman–Crippen MR) is 53.3 cm³/mol. The average molecular weight is 224 g/mol. The fraction of sp³-hybridized carbons (Fsp3) is 0.889. The van der Waals surface area contributed by atoms with Gasteiger partial charge in [-0.3, -0.25) is 4.79 Å². The van der Waals surface area contributed by atoms with Crippen molar-refractivity contribution in [1.29, 1.82) is 0 Å². The van der Waals surface area contributed by atoms with Crippen LogP contribution >= 0.6 is 0 Å². The molecule has 0 saturated carbocycles. The van der Waals surface area contributed by atoms with Gasteiger partial charge in [-0.1, -0.05) is 0 Å². The van der Waals surface area contributed by atoms with E-state index >= 15 is 0 Å². The molecule has 15 heavy (non-hydrogen) atoms. The lowest BCUT2D eigenvalue weighted by atomic mass is 10.5. The molecule has 0 aromatic carbocycles. The molecule has 0 spiro atoms. The fourth-order valence-corrected chi connectivity index (χ4v) is 0.411. The summed E-state index contributed by atoms with van der Waals surface area (Å²) in [6.07, 6.45) is -0.560. The minimum atomic E-state index is -0.560. The Morgan fingerprint density at radius 1 is 1.27 bits per heavy atom. The summed E-state index contributed by atoms with van der Waals surface area (Å²) in [6, 6.07) is 0. The van der Waals surface area contributed by atoms with E-state index in [1.54, 1.807) is 0 Å². The Balaban J connectivity index is 0. The van der Waals surface area contributed by atoms with Crippen molar-refractivity contribution in [3.05, 3.63) is 0 Å². The van der Waals surface area contributed by atoms with Gasteiger partial charge < -0.3 is 24.8 Å². The maximum absolute atomic E-state index is 10.1. The number of esters is 1. The van der Waals surface area contributed by atoms with E-state index in [0.29, 0.717) is 13.2 Å². The van der Waals surface area contributed by atoms with E-state index in [1.165, 1.54) is 13.8 Å². The minimum Gasteiger partial charge on any atom is -0.463 e. The fourth-order valence-electron chi connectivity index (χ4n) is 0.411. The zero-order chi connectivity index (χ0) is 12.1. The Labute approximate surface area is 89.4 Å². The predicted octanol–water partition coefficient (Wildman–Crippen LogP) is -1.08. The number of aliphatic hydroxyl groups excluding tert-OH is 3. The molecule has 0 saturated heterocycles. The maximum atomic E-state index is 10.1. The third-order valence-corrected chi connectivity index (χ3v) is 1.03. The van der Waals surface area contributed by atoms with Crippen LogP contribution in [0.5, 0.6) is 0 Å². The highest BCUT2D eigenvalue weighted by Gasteiger charge is 1.90. The second-order valence-electron chi connectivity index (χ2n) is 2.71. The van der Waals surface area contributed by atoms with Gasteiger partial charge in [-0.05, 0) is 6.92 Å². The largest absolute Gasteiger partial charge is 0.463 e. The summed E-state index contributed by atoms with van der Waals surface area (Å²) >= 11 is 0. The van der Waals surface area contributed by atoms with Crippen LogP contribution in [-0.4, -0.2) is 60.4 Å². The molecule has 0 rings (SSSR count). The van der Waals surface area contributed by atoms with Crippen LogP contribution < -0.4 is 0 Å². The second kappa shape index (κ2) is 13.3. The lowest BCUT2D eigenvalue weighted by molar-refractivity contribution is -0.142. The number of carbonyl (C=O) groups excluding carboxylic acids is 1. The molecule has 1 atom stereocenters. The summed E-state index contributed by atoms with van der Waals surface area (Å²) in [4.78, 5) is 10.1. The first kappa shape index (κ1) is 16.7. The van der Waals surface area contributed by atoms with E-state index in [0.717, 1.165) is 0 Å². The van der Waals surface area contributed by atoms with Crippen LogP contribution in [0.3, 0.4) is 0 Å². The summed E-state index contributed by atoms with van der Waals surface area (Å²) in [7, 11) is 0. The molecular formula is C9H20O6. The summed E-state index contributed by atoms with van der Waals surface area (Å²) in [5.41, 5.74) is 0. The van der Waals surface area contributed by atoms with E-state index in [2.05, 4.69) is 4.74 Å². The highest BCUT2D eigenvalue weighted by atomic mass is 16.6. The molecule has 0 aliphatic carbocycles. The first-order chi connectivity index (χ1) is 7.04. The molecule has 0 heterocycles. The van der Waals surface area contributed by atoms with Gasteiger partial charge >= 0.3 is 5.97 Å². The molecule has 6 heteroatoms. The average Bonchev–Trinajstić information content (AvgIpc) is 2.18. The molecule has 0 aliphatic rings. The Morgan fingerprint density at radius 2 is 1.80 bits per heavy atom. The van der Waals surface area contributed by atoms with Gasteiger partial charge in [0.2, 0.25) is 0 Å². The molecule has 6 nitrogen and oxygen atoms in total. The summed E-state index contributed by atoms with van der Waals surface area (Å²) in [6.45, 7) is 3.63. The molecule has 0 aromatic heterocycles. The van der Waals surface area contributed by atoms with E-state index in [1.807, 2.05) is 0 Å². The van der Waals surface area contributed by atoms with Crippen LogP contribution in [0.4, 0.5) is 0 Å². The smallest absolute Gasteiger partial charge is 0.302 e. The topological polar surface area (TPSA) is 96.2 Å². The standard InChI is InChI=1S/C6H12O4.C3H8O2/c1-6(8)10-5-4-9-3-2-7;1-3(5)2-4/h7H,2-5H2,1H3;3-5H,2H2,1H3. The van der Waals surface area contributed by atoms with Gasteiger partial charge in [-0.2, -0.15) is 0 Å². The monoisotopic (exact) mass is 224 g/mol. The number of hydrogen-bond donors (Lipinski definition) is 3. The summed E-state index contributed by atoms with van der Waals surface area (Å²) in [5, 5.41) is 24.2. The molecule has 0 fully saturated rings. The van der Waals surface area contributed by atoms with Gasteiger partial charge in [-0.25, -0.2) is 0 Å². The SMILES string of the molecule is CC(=O)OCCOCCO.CC(O)CO. The van der Waals surface area contributed by atoms with Crippen molar-refractivity contribution >= 4 is 5.97 Å². The maximum Gasteiger partial charge on any atom is 0.302 e. The van der Waals surface area contributed by atoms with Crippen molar-refractivity contribution in [2.75, 3.05) is 33.0 Å². The zero-order valence-electron chi connectivity index (χ0n) is 9.18. The van der Waals surface area contributed by atoms with Crippen molar-refractivity contribution in [1.82, 2.24) is 0 Å². The van der Waals surface area contributed by atoms with Crippen LogP contribution in [0.15, 0.2) is 0 Å². The first-order valence-corrected chi connectivity index (χ1v) is 4.65. The molecule has 3 N–H and O–H groups in total.